The molecule has 0 unspecified atom stereocenters. The third kappa shape index (κ3) is 8.48. The van der Waals surface area contributed by atoms with Gasteiger partial charge in [-0.15, -0.1) is 0 Å². The van der Waals surface area contributed by atoms with Gasteiger partial charge < -0.3 is 35.7 Å². The lowest BCUT2D eigenvalue weighted by molar-refractivity contribution is -0.136. The Balaban J connectivity index is 1.51. The van der Waals surface area contributed by atoms with Crippen molar-refractivity contribution in [2.45, 2.75) is 102 Å². The lowest BCUT2D eigenvalue weighted by atomic mass is 9.87. The quantitative estimate of drug-likeness (QED) is 0.186. The molecule has 5 N–H and O–H groups in total. The molecule has 208 valence electrons. The normalized spacial score (nSPS) is 36.3. The summed E-state index contributed by atoms with van der Waals surface area (Å²) in [5, 5.41) is 16.7. The van der Waals surface area contributed by atoms with Crippen molar-refractivity contribution in [2.75, 3.05) is 19.7 Å². The van der Waals surface area contributed by atoms with Crippen LogP contribution in [0.25, 0.3) is 0 Å². The molecule has 1 spiro atoms. The van der Waals surface area contributed by atoms with Crippen LogP contribution in [0.4, 0.5) is 0 Å². The van der Waals surface area contributed by atoms with Gasteiger partial charge in [0, 0.05) is 25.9 Å². The molecule has 0 aliphatic carbocycles. The molecule has 0 aromatic rings. The van der Waals surface area contributed by atoms with E-state index in [1.165, 1.54) is 0 Å². The molecule has 0 aromatic carbocycles. The molecule has 3 heterocycles. The lowest BCUT2D eigenvalue weighted by Gasteiger charge is -2.39. The fraction of sp³-hybridized carbons (Fsp3) is 0.714. The van der Waals surface area contributed by atoms with E-state index in [4.69, 9.17) is 19.9 Å². The SMILES string of the molecule is CC/C=C\C(=O)N[C@@H]1C[C@H](C)[C@H](C/C=C(C)/C=C/[C@H]2O[C@H](CNC(=O)CCN)C[C@@]3(CO3)[C@@H]2O)O[C@@H]1C. The summed E-state index contributed by atoms with van der Waals surface area (Å²) in [6.45, 7) is 9.34. The average Bonchev–Trinajstić information content (AvgIpc) is 3.64. The Morgan fingerprint density at radius 3 is 2.65 bits per heavy atom. The molecule has 3 aliphatic heterocycles. The summed E-state index contributed by atoms with van der Waals surface area (Å²) >= 11 is 0. The number of ether oxygens (including phenoxy) is 3. The number of carbonyl (C=O) groups excluding carboxylic acids is 2. The molecule has 3 rings (SSSR count). The highest BCUT2D eigenvalue weighted by Gasteiger charge is 2.58. The van der Waals surface area contributed by atoms with Crippen molar-refractivity contribution in [3.05, 3.63) is 36.0 Å². The van der Waals surface area contributed by atoms with Crippen LogP contribution in [0.15, 0.2) is 36.0 Å². The van der Waals surface area contributed by atoms with Gasteiger partial charge in [-0.05, 0) is 45.1 Å². The van der Waals surface area contributed by atoms with Crippen LogP contribution in [0.1, 0.15) is 59.8 Å². The second kappa shape index (κ2) is 13.7. The maximum Gasteiger partial charge on any atom is 0.243 e. The summed E-state index contributed by atoms with van der Waals surface area (Å²) in [7, 11) is 0. The molecule has 0 bridgehead atoms. The largest absolute Gasteiger partial charge is 0.387 e. The highest BCUT2D eigenvalue weighted by Crippen LogP contribution is 2.42. The molecular weight excluding hydrogens is 474 g/mol. The molecule has 2 amide bonds. The van der Waals surface area contributed by atoms with Crippen LogP contribution >= 0.6 is 0 Å². The van der Waals surface area contributed by atoms with Crippen molar-refractivity contribution in [1.29, 1.82) is 0 Å². The Morgan fingerprint density at radius 1 is 1.22 bits per heavy atom. The number of rotatable bonds is 11. The average molecular weight is 520 g/mol. The number of nitrogens with one attached hydrogen (secondary N) is 2. The van der Waals surface area contributed by atoms with Gasteiger partial charge >= 0.3 is 0 Å². The minimum Gasteiger partial charge on any atom is -0.387 e. The molecule has 3 fully saturated rings. The second-order valence-electron chi connectivity index (χ2n) is 10.6. The molecule has 9 heteroatoms. The summed E-state index contributed by atoms with van der Waals surface area (Å²) in [5.74, 6) is 0.124. The van der Waals surface area contributed by atoms with E-state index in [9.17, 15) is 14.7 Å². The topological polar surface area (TPSA) is 135 Å². The van der Waals surface area contributed by atoms with Crippen molar-refractivity contribution in [3.8, 4) is 0 Å². The first-order valence-electron chi connectivity index (χ1n) is 13.6. The van der Waals surface area contributed by atoms with E-state index in [-0.39, 0.29) is 42.6 Å². The van der Waals surface area contributed by atoms with E-state index in [2.05, 4.69) is 23.6 Å². The first kappa shape index (κ1) is 29.5. The van der Waals surface area contributed by atoms with Crippen LogP contribution < -0.4 is 16.4 Å². The van der Waals surface area contributed by atoms with Crippen LogP contribution in [0.5, 0.6) is 0 Å². The van der Waals surface area contributed by atoms with Gasteiger partial charge in [-0.3, -0.25) is 9.59 Å². The van der Waals surface area contributed by atoms with Crippen LogP contribution in [0.3, 0.4) is 0 Å². The molecule has 9 nitrogen and oxygen atoms in total. The van der Waals surface area contributed by atoms with E-state index in [1.807, 2.05) is 39.0 Å². The van der Waals surface area contributed by atoms with E-state index in [0.29, 0.717) is 32.0 Å². The van der Waals surface area contributed by atoms with Gasteiger partial charge in [-0.2, -0.15) is 0 Å². The van der Waals surface area contributed by atoms with Gasteiger partial charge in [0.15, 0.2) is 0 Å². The number of allylic oxidation sites excluding steroid dienone is 3. The van der Waals surface area contributed by atoms with Crippen molar-refractivity contribution in [1.82, 2.24) is 10.6 Å². The molecule has 0 radical (unpaired) electrons. The number of hydrogen-bond acceptors (Lipinski definition) is 7. The second-order valence-corrected chi connectivity index (χ2v) is 10.6. The molecule has 0 aromatic heterocycles. The zero-order valence-corrected chi connectivity index (χ0v) is 22.7. The fourth-order valence-electron chi connectivity index (χ4n) is 5.03. The monoisotopic (exact) mass is 519 g/mol. The standard InChI is InChI=1S/C28H45N3O6/c1-5-6-7-26(33)31-22-14-19(3)23(36-20(22)4)10-8-18(2)9-11-24-27(34)28(17-35-28)15-21(37-24)16-30-25(32)12-13-29/h6-9,11,19-24,27,34H,5,10,12-17,29H2,1-4H3,(H,30,32)(H,31,33)/b7-6-,11-9+,18-8+/t19-,20+,21-,22+,23-,24+,27+,28+/m0/s1. The molecule has 0 saturated carbocycles. The van der Waals surface area contributed by atoms with E-state index in [0.717, 1.165) is 24.8 Å². The van der Waals surface area contributed by atoms with Gasteiger partial charge in [0.25, 0.3) is 0 Å². The van der Waals surface area contributed by atoms with Crippen molar-refractivity contribution >= 4 is 11.8 Å². The minimum atomic E-state index is -0.755. The number of nitrogens with two attached hydrogens (primary N) is 1. The predicted molar refractivity (Wildman–Crippen MR) is 142 cm³/mol. The van der Waals surface area contributed by atoms with Crippen molar-refractivity contribution in [2.24, 2.45) is 11.7 Å². The summed E-state index contributed by atoms with van der Waals surface area (Å²) in [6.07, 6.45) is 11.2. The highest BCUT2D eigenvalue weighted by molar-refractivity contribution is 5.87. The first-order valence-corrected chi connectivity index (χ1v) is 13.6. The lowest BCUT2D eigenvalue weighted by Crippen LogP contribution is -2.52. The summed E-state index contributed by atoms with van der Waals surface area (Å²) in [4.78, 5) is 23.9. The smallest absolute Gasteiger partial charge is 0.243 e. The molecule has 3 saturated heterocycles. The van der Waals surface area contributed by atoms with Crippen LogP contribution in [-0.4, -0.2) is 78.8 Å². The number of amides is 2. The van der Waals surface area contributed by atoms with Gasteiger partial charge in [-0.1, -0.05) is 43.7 Å². The molecule has 3 aliphatic rings. The van der Waals surface area contributed by atoms with Gasteiger partial charge in [0.2, 0.25) is 11.8 Å². The van der Waals surface area contributed by atoms with Crippen molar-refractivity contribution < 1.29 is 28.9 Å². The van der Waals surface area contributed by atoms with Crippen LogP contribution in [0.2, 0.25) is 0 Å². The first-order chi connectivity index (χ1) is 17.7. The molecule has 37 heavy (non-hydrogen) atoms. The molecular formula is C28H45N3O6. The Kier molecular flexibility index (Phi) is 10.9. The third-order valence-electron chi connectivity index (χ3n) is 7.46. The maximum atomic E-state index is 12.1. The van der Waals surface area contributed by atoms with Crippen LogP contribution in [0, 0.1) is 5.92 Å². The number of epoxide rings is 1. The summed E-state index contributed by atoms with van der Waals surface area (Å²) in [5.41, 5.74) is 5.89. The maximum absolute atomic E-state index is 12.1. The highest BCUT2D eigenvalue weighted by atomic mass is 16.6. The van der Waals surface area contributed by atoms with Crippen LogP contribution in [-0.2, 0) is 23.8 Å². The van der Waals surface area contributed by atoms with Crippen molar-refractivity contribution in [3.63, 3.8) is 0 Å². The van der Waals surface area contributed by atoms with Gasteiger partial charge in [0.05, 0.1) is 31.0 Å². The number of carbonyl (C=O) groups is 2. The summed E-state index contributed by atoms with van der Waals surface area (Å²) in [6, 6.07) is 0.000153. The number of aliphatic hydroxyl groups excluding tert-OH is 1. The van der Waals surface area contributed by atoms with E-state index in [1.54, 1.807) is 6.08 Å². The number of aliphatic hydroxyl groups is 1. The Bertz CT molecular complexity index is 868. The zero-order valence-electron chi connectivity index (χ0n) is 22.7. The van der Waals surface area contributed by atoms with Gasteiger partial charge in [0.1, 0.15) is 17.8 Å². The summed E-state index contributed by atoms with van der Waals surface area (Å²) < 4.78 is 18.0. The molecule has 8 atom stereocenters. The number of hydrogen-bond donors (Lipinski definition) is 4. The van der Waals surface area contributed by atoms with E-state index >= 15 is 0 Å². The third-order valence-corrected chi connectivity index (χ3v) is 7.46. The fourth-order valence-corrected chi connectivity index (χ4v) is 5.03. The minimum absolute atomic E-state index is 0.000153. The van der Waals surface area contributed by atoms with Gasteiger partial charge in [-0.25, -0.2) is 0 Å². The predicted octanol–water partition coefficient (Wildman–Crippen LogP) is 1.90. The Labute approximate surface area is 220 Å². The Hall–Kier alpha value is -2.04. The Morgan fingerprint density at radius 2 is 1.97 bits per heavy atom. The van der Waals surface area contributed by atoms with E-state index < -0.39 is 17.8 Å². The zero-order chi connectivity index (χ0) is 27.0.